The van der Waals surface area contributed by atoms with Crippen LogP contribution in [0.4, 0.5) is 11.5 Å². The Morgan fingerprint density at radius 2 is 1.89 bits per heavy atom. The Kier molecular flexibility index (Phi) is 4.84. The number of hydrogen-bond donors (Lipinski definition) is 3. The Bertz CT molecular complexity index is 1040. The number of anilines is 2. The molecule has 28 heavy (non-hydrogen) atoms. The third-order valence-corrected chi connectivity index (χ3v) is 4.32. The number of nitrogens with zero attached hydrogens (tertiary/aromatic N) is 1. The molecule has 0 aliphatic carbocycles. The largest absolute Gasteiger partial charge is 0.490 e. The number of H-pyrrole nitrogens is 1. The SMILES string of the molecule is CC(=O)Nc1ccc2[nH]nc(NC(=O)Cc3ccc4c(c3)OCCCO4)c2c1. The van der Waals surface area contributed by atoms with Crippen molar-refractivity contribution in [2.45, 2.75) is 19.8 Å². The van der Waals surface area contributed by atoms with Gasteiger partial charge in [-0.3, -0.25) is 14.7 Å². The number of aromatic nitrogens is 2. The number of carbonyl (C=O) groups excluding carboxylic acids is 2. The summed E-state index contributed by atoms with van der Waals surface area (Å²) in [6, 6.07) is 10.8. The van der Waals surface area contributed by atoms with Gasteiger partial charge in [0.25, 0.3) is 0 Å². The minimum Gasteiger partial charge on any atom is -0.490 e. The predicted octanol–water partition coefficient (Wildman–Crippen LogP) is 2.86. The predicted molar refractivity (Wildman–Crippen MR) is 105 cm³/mol. The summed E-state index contributed by atoms with van der Waals surface area (Å²) in [5, 5.41) is 13.3. The average molecular weight is 380 g/mol. The van der Waals surface area contributed by atoms with Gasteiger partial charge in [-0.25, -0.2) is 0 Å². The summed E-state index contributed by atoms with van der Waals surface area (Å²) in [4.78, 5) is 23.8. The lowest BCUT2D eigenvalue weighted by Crippen LogP contribution is -2.15. The molecular formula is C20H20N4O4. The Labute approximate surface area is 161 Å². The van der Waals surface area contributed by atoms with Crippen molar-refractivity contribution in [3.05, 3.63) is 42.0 Å². The van der Waals surface area contributed by atoms with E-state index < -0.39 is 0 Å². The highest BCUT2D eigenvalue weighted by Gasteiger charge is 2.14. The van der Waals surface area contributed by atoms with Crippen LogP contribution in [-0.2, 0) is 16.0 Å². The van der Waals surface area contributed by atoms with E-state index in [1.165, 1.54) is 6.92 Å². The summed E-state index contributed by atoms with van der Waals surface area (Å²) in [5.41, 5.74) is 2.22. The van der Waals surface area contributed by atoms with Crippen molar-refractivity contribution in [2.24, 2.45) is 0 Å². The monoisotopic (exact) mass is 380 g/mol. The molecule has 0 unspecified atom stereocenters. The van der Waals surface area contributed by atoms with E-state index in [0.717, 1.165) is 22.9 Å². The van der Waals surface area contributed by atoms with Crippen LogP contribution in [0, 0.1) is 0 Å². The topological polar surface area (TPSA) is 105 Å². The molecule has 3 aromatic rings. The van der Waals surface area contributed by atoms with Crippen LogP contribution < -0.4 is 20.1 Å². The summed E-state index contributed by atoms with van der Waals surface area (Å²) in [6.45, 7) is 2.66. The Morgan fingerprint density at radius 3 is 2.71 bits per heavy atom. The first-order valence-corrected chi connectivity index (χ1v) is 9.02. The first-order valence-electron chi connectivity index (χ1n) is 9.02. The van der Waals surface area contributed by atoms with Gasteiger partial charge < -0.3 is 20.1 Å². The Hall–Kier alpha value is -3.55. The van der Waals surface area contributed by atoms with Gasteiger partial charge in [-0.2, -0.15) is 5.10 Å². The molecule has 0 fully saturated rings. The molecule has 0 saturated carbocycles. The van der Waals surface area contributed by atoms with E-state index in [1.54, 1.807) is 18.2 Å². The fourth-order valence-electron chi connectivity index (χ4n) is 3.07. The smallest absolute Gasteiger partial charge is 0.230 e. The van der Waals surface area contributed by atoms with E-state index >= 15 is 0 Å². The van der Waals surface area contributed by atoms with Crippen LogP contribution in [0.15, 0.2) is 36.4 Å². The van der Waals surface area contributed by atoms with Gasteiger partial charge in [0, 0.05) is 24.4 Å². The molecule has 4 rings (SSSR count). The third-order valence-electron chi connectivity index (χ3n) is 4.32. The molecule has 0 saturated heterocycles. The molecule has 0 spiro atoms. The van der Waals surface area contributed by atoms with E-state index in [4.69, 9.17) is 9.47 Å². The molecule has 0 bridgehead atoms. The number of fused-ring (bicyclic) bond motifs is 2. The summed E-state index contributed by atoms with van der Waals surface area (Å²) >= 11 is 0. The third kappa shape index (κ3) is 3.90. The summed E-state index contributed by atoms with van der Waals surface area (Å²) in [7, 11) is 0. The van der Waals surface area contributed by atoms with Gasteiger partial charge in [0.1, 0.15) is 0 Å². The number of benzene rings is 2. The van der Waals surface area contributed by atoms with Crippen molar-refractivity contribution < 1.29 is 19.1 Å². The summed E-state index contributed by atoms with van der Waals surface area (Å²) in [6.07, 6.45) is 1.01. The summed E-state index contributed by atoms with van der Waals surface area (Å²) in [5.74, 6) is 1.41. The molecular weight excluding hydrogens is 360 g/mol. The molecule has 2 amide bonds. The second kappa shape index (κ2) is 7.59. The zero-order chi connectivity index (χ0) is 19.5. The molecule has 8 heteroatoms. The maximum absolute atomic E-state index is 12.5. The number of hydrogen-bond acceptors (Lipinski definition) is 5. The van der Waals surface area contributed by atoms with Crippen LogP contribution in [0.25, 0.3) is 10.9 Å². The number of aromatic amines is 1. The molecule has 1 aromatic heterocycles. The second-order valence-electron chi connectivity index (χ2n) is 6.57. The number of carbonyl (C=O) groups is 2. The number of nitrogens with one attached hydrogen (secondary N) is 3. The van der Waals surface area contributed by atoms with Crippen molar-refractivity contribution in [2.75, 3.05) is 23.8 Å². The fraction of sp³-hybridized carbons (Fsp3) is 0.250. The van der Waals surface area contributed by atoms with Crippen LogP contribution in [0.5, 0.6) is 11.5 Å². The highest BCUT2D eigenvalue weighted by molar-refractivity contribution is 6.02. The van der Waals surface area contributed by atoms with Crippen molar-refractivity contribution >= 4 is 34.2 Å². The molecule has 2 heterocycles. The van der Waals surface area contributed by atoms with Crippen molar-refractivity contribution in [3.63, 3.8) is 0 Å². The first kappa shape index (κ1) is 17.8. The molecule has 144 valence electrons. The highest BCUT2D eigenvalue weighted by atomic mass is 16.5. The first-order chi connectivity index (χ1) is 13.6. The van der Waals surface area contributed by atoms with E-state index in [1.807, 2.05) is 18.2 Å². The lowest BCUT2D eigenvalue weighted by molar-refractivity contribution is -0.116. The van der Waals surface area contributed by atoms with Crippen LogP contribution in [0.2, 0.25) is 0 Å². The van der Waals surface area contributed by atoms with Crippen LogP contribution >= 0.6 is 0 Å². The Balaban J connectivity index is 1.49. The quantitative estimate of drug-likeness (QED) is 0.645. The molecule has 1 aliphatic heterocycles. The number of rotatable bonds is 4. The maximum atomic E-state index is 12.5. The van der Waals surface area contributed by atoms with Crippen LogP contribution in [-0.4, -0.2) is 35.2 Å². The molecule has 0 atom stereocenters. The van der Waals surface area contributed by atoms with Crippen LogP contribution in [0.1, 0.15) is 18.9 Å². The van der Waals surface area contributed by atoms with Gasteiger partial charge in [-0.1, -0.05) is 6.07 Å². The van der Waals surface area contributed by atoms with E-state index in [2.05, 4.69) is 20.8 Å². The van der Waals surface area contributed by atoms with Crippen molar-refractivity contribution in [3.8, 4) is 11.5 Å². The van der Waals surface area contributed by atoms with E-state index in [-0.39, 0.29) is 18.2 Å². The fourth-order valence-corrected chi connectivity index (χ4v) is 3.07. The molecule has 1 aliphatic rings. The van der Waals surface area contributed by atoms with Gasteiger partial charge >= 0.3 is 0 Å². The molecule has 3 N–H and O–H groups in total. The van der Waals surface area contributed by atoms with Gasteiger partial charge in [-0.05, 0) is 35.9 Å². The van der Waals surface area contributed by atoms with Gasteiger partial charge in [0.05, 0.1) is 25.2 Å². The van der Waals surface area contributed by atoms with E-state index in [9.17, 15) is 9.59 Å². The highest BCUT2D eigenvalue weighted by Crippen LogP contribution is 2.31. The minimum absolute atomic E-state index is 0.164. The standard InChI is InChI=1S/C20H20N4O4/c1-12(25)21-14-4-5-16-15(11-14)20(24-23-16)22-19(26)10-13-3-6-17-18(9-13)28-8-2-7-27-17/h3-6,9,11H,2,7-8,10H2,1H3,(H,21,25)(H2,22,23,24,26). The van der Waals surface area contributed by atoms with Gasteiger partial charge in [-0.15, -0.1) is 0 Å². The lowest BCUT2D eigenvalue weighted by Gasteiger charge is -2.09. The maximum Gasteiger partial charge on any atom is 0.230 e. The average Bonchev–Trinajstić information content (AvgIpc) is 2.89. The van der Waals surface area contributed by atoms with Crippen molar-refractivity contribution in [1.29, 1.82) is 0 Å². The normalized spacial score (nSPS) is 13.0. The zero-order valence-corrected chi connectivity index (χ0v) is 15.4. The minimum atomic E-state index is -0.201. The van der Waals surface area contributed by atoms with E-state index in [0.29, 0.717) is 36.2 Å². The zero-order valence-electron chi connectivity index (χ0n) is 15.4. The summed E-state index contributed by atoms with van der Waals surface area (Å²) < 4.78 is 11.3. The Morgan fingerprint density at radius 1 is 1.07 bits per heavy atom. The number of ether oxygens (including phenoxy) is 2. The van der Waals surface area contributed by atoms with Gasteiger partial charge in [0.15, 0.2) is 17.3 Å². The lowest BCUT2D eigenvalue weighted by atomic mass is 10.1. The molecule has 2 aromatic carbocycles. The second-order valence-corrected chi connectivity index (χ2v) is 6.57. The van der Waals surface area contributed by atoms with Crippen molar-refractivity contribution in [1.82, 2.24) is 10.2 Å². The molecule has 8 nitrogen and oxygen atoms in total. The molecule has 0 radical (unpaired) electrons. The van der Waals surface area contributed by atoms with Gasteiger partial charge in [0.2, 0.25) is 11.8 Å². The van der Waals surface area contributed by atoms with Crippen LogP contribution in [0.3, 0.4) is 0 Å². The number of amides is 2.